The van der Waals surface area contributed by atoms with Crippen LogP contribution in [0.2, 0.25) is 0 Å². The monoisotopic (exact) mass is 357 g/mol. The molecule has 4 nitrogen and oxygen atoms in total. The number of nitrogens with zero attached hydrogens (tertiary/aromatic N) is 1. The zero-order valence-corrected chi connectivity index (χ0v) is 15.6. The van der Waals surface area contributed by atoms with Gasteiger partial charge in [0.25, 0.3) is 0 Å². The molecule has 1 aromatic carbocycles. The van der Waals surface area contributed by atoms with Gasteiger partial charge in [0.15, 0.2) is 0 Å². The van der Waals surface area contributed by atoms with Gasteiger partial charge in [-0.2, -0.15) is 0 Å². The molecular weight excluding hydrogens is 326 g/mol. The number of para-hydroxylation sites is 1. The zero-order valence-electron chi connectivity index (χ0n) is 15.6. The molecule has 3 aliphatic heterocycles. The van der Waals surface area contributed by atoms with E-state index in [1.807, 2.05) is 0 Å². The molecule has 26 heavy (non-hydrogen) atoms. The fraction of sp³-hybridized carbons (Fsp3) is 0.727. The van der Waals surface area contributed by atoms with Gasteiger partial charge in [-0.3, -0.25) is 4.90 Å². The lowest BCUT2D eigenvalue weighted by atomic mass is 9.85. The summed E-state index contributed by atoms with van der Waals surface area (Å²) in [5.41, 5.74) is 1.39. The second-order valence-electron chi connectivity index (χ2n) is 8.71. The van der Waals surface area contributed by atoms with Gasteiger partial charge in [0, 0.05) is 56.4 Å². The number of hydrogen-bond acceptors (Lipinski definition) is 4. The Morgan fingerprint density at radius 1 is 1.00 bits per heavy atom. The summed E-state index contributed by atoms with van der Waals surface area (Å²) in [6, 6.07) is 9.16. The first-order chi connectivity index (χ1) is 12.9. The lowest BCUT2D eigenvalue weighted by molar-refractivity contribution is 0.0455. The van der Waals surface area contributed by atoms with Gasteiger partial charge in [-0.1, -0.05) is 18.2 Å². The molecule has 4 aliphatic rings. The van der Waals surface area contributed by atoms with Crippen molar-refractivity contribution in [2.24, 2.45) is 23.7 Å². The number of fused-ring (bicyclic) bond motifs is 3. The van der Waals surface area contributed by atoms with Gasteiger partial charge in [-0.25, -0.2) is 0 Å². The van der Waals surface area contributed by atoms with Crippen molar-refractivity contribution in [3.05, 3.63) is 29.8 Å². The van der Waals surface area contributed by atoms with Crippen LogP contribution in [0.1, 0.15) is 37.3 Å². The second kappa shape index (κ2) is 7.49. The van der Waals surface area contributed by atoms with Crippen LogP contribution >= 0.6 is 0 Å². The van der Waals surface area contributed by atoms with E-state index in [4.69, 9.17) is 14.2 Å². The molecular formula is C22H31NO3. The van der Waals surface area contributed by atoms with E-state index >= 15 is 0 Å². The molecule has 0 N–H and O–H groups in total. The van der Waals surface area contributed by atoms with Crippen LogP contribution in [0.5, 0.6) is 5.75 Å². The van der Waals surface area contributed by atoms with E-state index in [9.17, 15) is 0 Å². The average Bonchev–Trinajstić information content (AvgIpc) is 3.44. The van der Waals surface area contributed by atoms with Crippen molar-refractivity contribution in [1.29, 1.82) is 0 Å². The lowest BCUT2D eigenvalue weighted by Gasteiger charge is -2.36. The maximum Gasteiger partial charge on any atom is 0.124 e. The molecule has 5 rings (SSSR count). The van der Waals surface area contributed by atoms with Crippen LogP contribution in [0, 0.1) is 23.7 Å². The Morgan fingerprint density at radius 2 is 1.85 bits per heavy atom. The number of likely N-dealkylation sites (tertiary alicyclic amines) is 1. The highest BCUT2D eigenvalue weighted by Gasteiger charge is 2.46. The van der Waals surface area contributed by atoms with Crippen LogP contribution in [-0.4, -0.2) is 51.0 Å². The maximum atomic E-state index is 6.14. The molecule has 0 radical (unpaired) electrons. The molecule has 0 spiro atoms. The van der Waals surface area contributed by atoms with Crippen molar-refractivity contribution in [2.45, 2.75) is 31.7 Å². The van der Waals surface area contributed by atoms with Crippen molar-refractivity contribution >= 4 is 0 Å². The van der Waals surface area contributed by atoms with E-state index in [1.54, 1.807) is 0 Å². The van der Waals surface area contributed by atoms with Crippen LogP contribution < -0.4 is 4.74 Å². The minimum absolute atomic E-state index is 0.498. The Kier molecular flexibility index (Phi) is 4.91. The minimum atomic E-state index is 0.498. The van der Waals surface area contributed by atoms with Gasteiger partial charge in [0.05, 0.1) is 13.2 Å². The van der Waals surface area contributed by atoms with Crippen LogP contribution in [-0.2, 0) is 9.47 Å². The van der Waals surface area contributed by atoms with Gasteiger partial charge < -0.3 is 14.2 Å². The minimum Gasteiger partial charge on any atom is -0.493 e. The maximum absolute atomic E-state index is 6.14. The number of rotatable bonds is 6. The Morgan fingerprint density at radius 3 is 2.69 bits per heavy atom. The fourth-order valence-corrected chi connectivity index (χ4v) is 5.07. The van der Waals surface area contributed by atoms with Crippen LogP contribution in [0.4, 0.5) is 0 Å². The summed E-state index contributed by atoms with van der Waals surface area (Å²) in [5, 5.41) is 0. The molecule has 0 bridgehead atoms. The highest BCUT2D eigenvalue weighted by atomic mass is 16.5. The molecule has 0 unspecified atom stereocenters. The smallest absolute Gasteiger partial charge is 0.124 e. The predicted octanol–water partition coefficient (Wildman–Crippen LogP) is 3.52. The number of benzene rings is 1. The number of hydrogen-bond donors (Lipinski definition) is 0. The van der Waals surface area contributed by atoms with E-state index in [0.29, 0.717) is 17.9 Å². The predicted molar refractivity (Wildman–Crippen MR) is 100 cm³/mol. The molecule has 1 aliphatic carbocycles. The van der Waals surface area contributed by atoms with Gasteiger partial charge in [0.1, 0.15) is 5.75 Å². The fourth-order valence-electron chi connectivity index (χ4n) is 5.07. The van der Waals surface area contributed by atoms with Crippen molar-refractivity contribution in [2.75, 3.05) is 46.1 Å². The topological polar surface area (TPSA) is 30.9 Å². The van der Waals surface area contributed by atoms with Gasteiger partial charge in [-0.05, 0) is 43.6 Å². The van der Waals surface area contributed by atoms with E-state index in [2.05, 4.69) is 29.2 Å². The lowest BCUT2D eigenvalue weighted by Crippen LogP contribution is -2.35. The third-order valence-electron chi connectivity index (χ3n) is 6.76. The Balaban J connectivity index is 1.32. The SMILES string of the molecule is c1ccc2c(c1)OC[C@H]1[C@H](COCC3CC3)CN(CC3CCOCC3)[C@@H]21. The summed E-state index contributed by atoms with van der Waals surface area (Å²) >= 11 is 0. The summed E-state index contributed by atoms with van der Waals surface area (Å²) in [6.45, 7) is 6.90. The Bertz CT molecular complexity index is 611. The Labute approximate surface area is 156 Å². The summed E-state index contributed by atoms with van der Waals surface area (Å²) in [6.07, 6.45) is 5.13. The molecule has 3 fully saturated rings. The van der Waals surface area contributed by atoms with Gasteiger partial charge >= 0.3 is 0 Å². The average molecular weight is 357 g/mol. The van der Waals surface area contributed by atoms with Gasteiger partial charge in [-0.15, -0.1) is 0 Å². The molecule has 3 heterocycles. The highest BCUT2D eigenvalue weighted by molar-refractivity contribution is 5.39. The van der Waals surface area contributed by atoms with E-state index in [-0.39, 0.29) is 0 Å². The van der Waals surface area contributed by atoms with E-state index < -0.39 is 0 Å². The van der Waals surface area contributed by atoms with Gasteiger partial charge in [0.2, 0.25) is 0 Å². The third kappa shape index (κ3) is 3.51. The highest BCUT2D eigenvalue weighted by Crippen LogP contribution is 2.48. The third-order valence-corrected chi connectivity index (χ3v) is 6.76. The van der Waals surface area contributed by atoms with Crippen molar-refractivity contribution in [3.8, 4) is 5.75 Å². The molecule has 3 atom stereocenters. The molecule has 0 aromatic heterocycles. The van der Waals surface area contributed by atoms with E-state index in [0.717, 1.165) is 57.2 Å². The normalized spacial score (nSPS) is 32.1. The summed E-state index contributed by atoms with van der Waals surface area (Å²) < 4.78 is 17.8. The second-order valence-corrected chi connectivity index (χ2v) is 8.71. The largest absolute Gasteiger partial charge is 0.493 e. The summed E-state index contributed by atoms with van der Waals surface area (Å²) in [4.78, 5) is 2.74. The summed E-state index contributed by atoms with van der Waals surface area (Å²) in [5.74, 6) is 3.85. The van der Waals surface area contributed by atoms with Crippen LogP contribution in [0.15, 0.2) is 24.3 Å². The van der Waals surface area contributed by atoms with Crippen molar-refractivity contribution in [3.63, 3.8) is 0 Å². The van der Waals surface area contributed by atoms with Crippen molar-refractivity contribution in [1.82, 2.24) is 4.90 Å². The van der Waals surface area contributed by atoms with Crippen molar-refractivity contribution < 1.29 is 14.2 Å². The van der Waals surface area contributed by atoms with Crippen LogP contribution in [0.3, 0.4) is 0 Å². The summed E-state index contributed by atoms with van der Waals surface area (Å²) in [7, 11) is 0. The number of ether oxygens (including phenoxy) is 3. The molecule has 2 saturated heterocycles. The van der Waals surface area contributed by atoms with Crippen LogP contribution in [0.25, 0.3) is 0 Å². The molecule has 142 valence electrons. The first-order valence-corrected chi connectivity index (χ1v) is 10.5. The molecule has 4 heteroatoms. The standard InChI is InChI=1S/C22H31NO3/c1-2-4-21-19(3-1)22-20(15-26-21)18(14-25-13-17-5-6-17)12-23(22)11-16-7-9-24-10-8-16/h1-4,16-18,20,22H,5-15H2/t18-,20-,22-/m0/s1. The molecule has 1 aromatic rings. The van der Waals surface area contributed by atoms with E-state index in [1.165, 1.54) is 37.8 Å². The zero-order chi connectivity index (χ0) is 17.3. The molecule has 1 saturated carbocycles. The quantitative estimate of drug-likeness (QED) is 0.779. The first kappa shape index (κ1) is 17.0. The first-order valence-electron chi connectivity index (χ1n) is 10.5. The Hall–Kier alpha value is -1.10. The molecule has 0 amide bonds.